The molecule has 0 saturated carbocycles. The minimum Gasteiger partial charge on any atom is -0.466 e. The van der Waals surface area contributed by atoms with Crippen LogP contribution in [0.5, 0.6) is 0 Å². The standard InChI is InChI=1S/C24H29FN2O5/c1-3-5-12-32-22(30)14-19(21(29)15-25)27-24(31)16(4-2)13-20(28)23-18-9-7-6-8-17(18)10-11-26-23/h6-11,16,19H,3-5,12-15H2,1-2H3,(H,27,31). The van der Waals surface area contributed by atoms with Crippen molar-refractivity contribution in [1.29, 1.82) is 0 Å². The Morgan fingerprint density at radius 1 is 1.09 bits per heavy atom. The number of fused-ring (bicyclic) bond motifs is 1. The second-order valence-corrected chi connectivity index (χ2v) is 7.55. The van der Waals surface area contributed by atoms with E-state index in [2.05, 4.69) is 10.3 Å². The van der Waals surface area contributed by atoms with E-state index in [0.29, 0.717) is 18.2 Å². The van der Waals surface area contributed by atoms with E-state index in [4.69, 9.17) is 4.74 Å². The SMILES string of the molecule is CCCCOC(=O)CC(NC(=O)C(CC)CC(=O)c1nccc2ccccc12)C(=O)CF. The van der Waals surface area contributed by atoms with Gasteiger partial charge in [-0.05, 0) is 24.3 Å². The molecule has 1 amide bonds. The molecule has 0 saturated heterocycles. The maximum Gasteiger partial charge on any atom is 0.308 e. The van der Waals surface area contributed by atoms with Gasteiger partial charge in [-0.3, -0.25) is 24.2 Å². The maximum absolute atomic E-state index is 13.0. The summed E-state index contributed by atoms with van der Waals surface area (Å²) in [5.74, 6) is -3.25. The van der Waals surface area contributed by atoms with E-state index in [9.17, 15) is 23.6 Å². The van der Waals surface area contributed by atoms with Gasteiger partial charge >= 0.3 is 5.97 Å². The third kappa shape index (κ3) is 6.93. The highest BCUT2D eigenvalue weighted by molar-refractivity contribution is 6.07. The Morgan fingerprint density at radius 2 is 1.84 bits per heavy atom. The first kappa shape index (κ1) is 25.1. The van der Waals surface area contributed by atoms with Crippen LogP contribution in [0.4, 0.5) is 4.39 Å². The van der Waals surface area contributed by atoms with Crippen LogP contribution in [-0.2, 0) is 19.1 Å². The van der Waals surface area contributed by atoms with Crippen molar-refractivity contribution in [2.24, 2.45) is 5.92 Å². The summed E-state index contributed by atoms with van der Waals surface area (Å²) < 4.78 is 18.0. The molecule has 0 aliphatic carbocycles. The molecule has 2 rings (SSSR count). The van der Waals surface area contributed by atoms with Crippen molar-refractivity contribution < 1.29 is 28.3 Å². The van der Waals surface area contributed by atoms with Gasteiger partial charge in [0, 0.05) is 23.9 Å². The summed E-state index contributed by atoms with van der Waals surface area (Å²) in [6.45, 7) is 2.55. The van der Waals surface area contributed by atoms with Gasteiger partial charge in [-0.25, -0.2) is 4.39 Å². The Bertz CT molecular complexity index is 957. The van der Waals surface area contributed by atoms with Gasteiger partial charge in [-0.15, -0.1) is 0 Å². The Labute approximate surface area is 186 Å². The molecule has 0 aliphatic heterocycles. The predicted octanol–water partition coefficient (Wildman–Crippen LogP) is 3.59. The van der Waals surface area contributed by atoms with E-state index in [0.717, 1.165) is 11.8 Å². The van der Waals surface area contributed by atoms with Gasteiger partial charge in [0.1, 0.15) is 18.4 Å². The highest BCUT2D eigenvalue weighted by Crippen LogP contribution is 2.20. The number of hydrogen-bond donors (Lipinski definition) is 1. The number of hydrogen-bond acceptors (Lipinski definition) is 6. The summed E-state index contributed by atoms with van der Waals surface area (Å²) in [5.41, 5.74) is 0.269. The first-order valence-corrected chi connectivity index (χ1v) is 10.8. The van der Waals surface area contributed by atoms with Crippen molar-refractivity contribution in [2.45, 2.75) is 52.0 Å². The predicted molar refractivity (Wildman–Crippen MR) is 118 cm³/mol. The summed E-state index contributed by atoms with van der Waals surface area (Å²) in [6, 6.07) is 7.78. The zero-order valence-electron chi connectivity index (χ0n) is 18.4. The number of Topliss-reactive ketones (excluding diaryl/α,β-unsaturated/α-hetero) is 2. The lowest BCUT2D eigenvalue weighted by Gasteiger charge is -2.20. The van der Waals surface area contributed by atoms with E-state index in [1.807, 2.05) is 19.1 Å². The molecule has 8 heteroatoms. The number of pyridine rings is 1. The quantitative estimate of drug-likeness (QED) is 0.288. The molecule has 2 aromatic rings. The number of unbranched alkanes of at least 4 members (excludes halogenated alkanes) is 1. The van der Waals surface area contributed by atoms with E-state index < -0.39 is 42.7 Å². The molecule has 1 aromatic heterocycles. The Balaban J connectivity index is 2.08. The van der Waals surface area contributed by atoms with Gasteiger partial charge in [-0.1, -0.05) is 44.5 Å². The average molecular weight is 445 g/mol. The number of esters is 1. The largest absolute Gasteiger partial charge is 0.466 e. The number of alkyl halides is 1. The van der Waals surface area contributed by atoms with Crippen LogP contribution in [0, 0.1) is 5.92 Å². The minimum atomic E-state index is -1.33. The molecule has 7 nitrogen and oxygen atoms in total. The van der Waals surface area contributed by atoms with Crippen LogP contribution in [0.3, 0.4) is 0 Å². The number of rotatable bonds is 13. The van der Waals surface area contributed by atoms with Gasteiger partial charge in [0.15, 0.2) is 11.6 Å². The normalized spacial score (nSPS) is 12.7. The van der Waals surface area contributed by atoms with E-state index in [1.165, 1.54) is 6.20 Å². The topological polar surface area (TPSA) is 102 Å². The highest BCUT2D eigenvalue weighted by atomic mass is 19.1. The van der Waals surface area contributed by atoms with Crippen LogP contribution in [0.15, 0.2) is 36.5 Å². The molecule has 172 valence electrons. The van der Waals surface area contributed by atoms with Gasteiger partial charge < -0.3 is 10.1 Å². The summed E-state index contributed by atoms with van der Waals surface area (Å²) in [4.78, 5) is 53.7. The number of amides is 1. The van der Waals surface area contributed by atoms with Gasteiger partial charge in [0.25, 0.3) is 0 Å². The first-order valence-electron chi connectivity index (χ1n) is 10.8. The molecule has 0 bridgehead atoms. The number of nitrogens with one attached hydrogen (secondary N) is 1. The van der Waals surface area contributed by atoms with E-state index >= 15 is 0 Å². The zero-order valence-corrected chi connectivity index (χ0v) is 18.4. The van der Waals surface area contributed by atoms with Crippen LogP contribution in [-0.4, -0.2) is 47.8 Å². The maximum atomic E-state index is 13.0. The molecule has 2 atom stereocenters. The average Bonchev–Trinajstić information content (AvgIpc) is 2.81. The summed E-state index contributed by atoms with van der Waals surface area (Å²) in [5, 5.41) is 3.98. The molecule has 32 heavy (non-hydrogen) atoms. The first-order chi connectivity index (χ1) is 15.4. The number of aromatic nitrogens is 1. The van der Waals surface area contributed by atoms with Crippen LogP contribution in [0.2, 0.25) is 0 Å². The Kier molecular flexibility index (Phi) is 9.91. The Hall–Kier alpha value is -3.16. The molecule has 0 fully saturated rings. The van der Waals surface area contributed by atoms with Crippen LogP contribution in [0.1, 0.15) is 56.4 Å². The van der Waals surface area contributed by atoms with E-state index in [1.54, 1.807) is 25.1 Å². The van der Waals surface area contributed by atoms with Crippen molar-refractivity contribution >= 4 is 34.2 Å². The molecule has 0 aliphatic rings. The smallest absolute Gasteiger partial charge is 0.308 e. The molecule has 2 unspecified atom stereocenters. The molecular weight excluding hydrogens is 415 g/mol. The lowest BCUT2D eigenvalue weighted by molar-refractivity contribution is -0.146. The second kappa shape index (κ2) is 12.6. The molecule has 1 N–H and O–H groups in total. The van der Waals surface area contributed by atoms with Crippen LogP contribution < -0.4 is 5.32 Å². The van der Waals surface area contributed by atoms with Crippen molar-refractivity contribution in [1.82, 2.24) is 10.3 Å². The minimum absolute atomic E-state index is 0.124. The zero-order chi connectivity index (χ0) is 23.5. The molecule has 1 aromatic carbocycles. The molecule has 1 heterocycles. The third-order valence-electron chi connectivity index (χ3n) is 5.20. The summed E-state index contributed by atoms with van der Waals surface area (Å²) in [7, 11) is 0. The summed E-state index contributed by atoms with van der Waals surface area (Å²) >= 11 is 0. The van der Waals surface area contributed by atoms with Gasteiger partial charge in [0.2, 0.25) is 5.91 Å². The number of benzene rings is 1. The lowest BCUT2D eigenvalue weighted by Crippen LogP contribution is -2.46. The fraction of sp³-hybridized carbons (Fsp3) is 0.458. The highest BCUT2D eigenvalue weighted by Gasteiger charge is 2.29. The van der Waals surface area contributed by atoms with Crippen LogP contribution >= 0.6 is 0 Å². The number of ether oxygens (including phenoxy) is 1. The fourth-order valence-electron chi connectivity index (χ4n) is 3.27. The van der Waals surface area contributed by atoms with Gasteiger partial charge in [-0.2, -0.15) is 0 Å². The molecular formula is C24H29FN2O5. The van der Waals surface area contributed by atoms with E-state index in [-0.39, 0.29) is 24.5 Å². The second-order valence-electron chi connectivity index (χ2n) is 7.55. The lowest BCUT2D eigenvalue weighted by atomic mass is 9.94. The monoisotopic (exact) mass is 444 g/mol. The van der Waals surface area contributed by atoms with Crippen molar-refractivity contribution in [3.63, 3.8) is 0 Å². The Morgan fingerprint density at radius 3 is 2.53 bits per heavy atom. The molecule has 0 radical (unpaired) electrons. The summed E-state index contributed by atoms with van der Waals surface area (Å²) in [6.07, 6.45) is 2.78. The van der Waals surface area contributed by atoms with Crippen LogP contribution in [0.25, 0.3) is 10.8 Å². The van der Waals surface area contributed by atoms with Crippen molar-refractivity contribution in [2.75, 3.05) is 13.3 Å². The molecule has 0 spiro atoms. The van der Waals surface area contributed by atoms with Crippen molar-refractivity contribution in [3.05, 3.63) is 42.2 Å². The third-order valence-corrected chi connectivity index (χ3v) is 5.20. The number of ketones is 2. The number of nitrogens with zero attached hydrogens (tertiary/aromatic N) is 1. The number of halogens is 1. The van der Waals surface area contributed by atoms with Gasteiger partial charge in [0.05, 0.1) is 13.0 Å². The number of carbonyl (C=O) groups is 4. The van der Waals surface area contributed by atoms with Crippen molar-refractivity contribution in [3.8, 4) is 0 Å². The fourth-order valence-corrected chi connectivity index (χ4v) is 3.27. The number of carbonyl (C=O) groups excluding carboxylic acids is 4.